The highest BCUT2D eigenvalue weighted by atomic mass is 32.2. The molecule has 1 unspecified atom stereocenters. The van der Waals surface area contributed by atoms with Crippen molar-refractivity contribution in [2.24, 2.45) is 0 Å². The summed E-state index contributed by atoms with van der Waals surface area (Å²) in [6, 6.07) is 6.66. The molecule has 0 amide bonds. The number of likely N-dealkylation sites (N-methyl/N-ethyl adjacent to an activating group) is 1. The topological polar surface area (TPSA) is 81.7 Å². The Labute approximate surface area is 127 Å². The number of rotatable bonds is 8. The van der Waals surface area contributed by atoms with E-state index < -0.39 is 15.6 Å². The van der Waals surface area contributed by atoms with Crippen molar-refractivity contribution >= 4 is 15.7 Å². The molecule has 0 heterocycles. The maximum Gasteiger partial charge on any atom is 0.242 e. The number of nitrogens with one attached hydrogen (secondary N) is 2. The Balaban J connectivity index is 2.91. The van der Waals surface area contributed by atoms with E-state index in [2.05, 4.69) is 10.0 Å². The van der Waals surface area contributed by atoms with E-state index in [9.17, 15) is 13.5 Å². The molecule has 1 rings (SSSR count). The molecule has 0 aliphatic carbocycles. The fourth-order valence-corrected chi connectivity index (χ4v) is 3.36. The summed E-state index contributed by atoms with van der Waals surface area (Å²) in [6.07, 6.45) is 0. The fraction of sp³-hybridized carbons (Fsp3) is 0.571. The van der Waals surface area contributed by atoms with E-state index in [4.69, 9.17) is 0 Å². The molecule has 1 atom stereocenters. The number of hydrogen-bond donors (Lipinski definition) is 3. The first kappa shape index (κ1) is 17.9. The summed E-state index contributed by atoms with van der Waals surface area (Å²) in [5.41, 5.74) is -0.476. The van der Waals surface area contributed by atoms with Gasteiger partial charge in [0.1, 0.15) is 4.90 Å². The maximum absolute atomic E-state index is 12.1. The first-order chi connectivity index (χ1) is 9.68. The average Bonchev–Trinajstić information content (AvgIpc) is 2.35. The minimum atomic E-state index is -3.54. The number of anilines is 1. The van der Waals surface area contributed by atoms with Gasteiger partial charge in [-0.2, -0.15) is 0 Å². The number of aliphatic hydroxyl groups is 1. The standard InChI is InChI=1S/C14H25N3O3S/c1-5-16-21(19,20)13-9-7-6-8-12(13)15-10-14(2,18)11-17(3)4/h6-9,15-16,18H,5,10-11H2,1-4H3. The monoisotopic (exact) mass is 315 g/mol. The molecule has 0 spiro atoms. The van der Waals surface area contributed by atoms with E-state index in [1.807, 2.05) is 19.0 Å². The van der Waals surface area contributed by atoms with Crippen molar-refractivity contribution in [3.63, 3.8) is 0 Å². The summed E-state index contributed by atoms with van der Waals surface area (Å²) in [7, 11) is 0.210. The third-order valence-corrected chi connectivity index (χ3v) is 4.43. The molecule has 0 saturated carbocycles. The van der Waals surface area contributed by atoms with Crippen LogP contribution in [-0.2, 0) is 10.0 Å². The van der Waals surface area contributed by atoms with Crippen LogP contribution in [0, 0.1) is 0 Å². The predicted molar refractivity (Wildman–Crippen MR) is 85.0 cm³/mol. The largest absolute Gasteiger partial charge is 0.387 e. The van der Waals surface area contributed by atoms with E-state index in [1.54, 1.807) is 38.1 Å². The van der Waals surface area contributed by atoms with Crippen LogP contribution < -0.4 is 10.0 Å². The summed E-state index contributed by atoms with van der Waals surface area (Å²) >= 11 is 0. The molecular weight excluding hydrogens is 290 g/mol. The number of hydrogen-bond acceptors (Lipinski definition) is 5. The first-order valence-corrected chi connectivity index (χ1v) is 8.36. The second-order valence-electron chi connectivity index (χ2n) is 5.59. The molecule has 6 nitrogen and oxygen atoms in total. The van der Waals surface area contributed by atoms with Gasteiger partial charge >= 0.3 is 0 Å². The Morgan fingerprint density at radius 1 is 1.29 bits per heavy atom. The van der Waals surface area contributed by atoms with Crippen LogP contribution in [0.3, 0.4) is 0 Å². The van der Waals surface area contributed by atoms with Crippen LogP contribution in [0.5, 0.6) is 0 Å². The Morgan fingerprint density at radius 3 is 2.48 bits per heavy atom. The van der Waals surface area contributed by atoms with Crippen LogP contribution in [0.1, 0.15) is 13.8 Å². The van der Waals surface area contributed by atoms with Crippen LogP contribution in [0.4, 0.5) is 5.69 Å². The van der Waals surface area contributed by atoms with Crippen LogP contribution in [0.15, 0.2) is 29.2 Å². The molecule has 120 valence electrons. The number of benzene rings is 1. The summed E-state index contributed by atoms with van der Waals surface area (Å²) in [4.78, 5) is 2.07. The Bertz CT molecular complexity index is 556. The molecule has 0 radical (unpaired) electrons. The minimum absolute atomic E-state index is 0.188. The van der Waals surface area contributed by atoms with Crippen molar-refractivity contribution in [1.29, 1.82) is 0 Å². The lowest BCUT2D eigenvalue weighted by molar-refractivity contribution is 0.0459. The van der Waals surface area contributed by atoms with E-state index in [-0.39, 0.29) is 11.4 Å². The second kappa shape index (κ2) is 7.22. The molecule has 21 heavy (non-hydrogen) atoms. The van der Waals surface area contributed by atoms with E-state index in [0.29, 0.717) is 18.8 Å². The third-order valence-electron chi connectivity index (χ3n) is 2.83. The normalized spacial score (nSPS) is 15.0. The number of para-hydroxylation sites is 1. The van der Waals surface area contributed by atoms with Gasteiger partial charge in [0, 0.05) is 19.6 Å². The zero-order valence-electron chi connectivity index (χ0n) is 13.0. The van der Waals surface area contributed by atoms with E-state index in [1.165, 1.54) is 0 Å². The zero-order chi connectivity index (χ0) is 16.1. The van der Waals surface area contributed by atoms with Crippen LogP contribution >= 0.6 is 0 Å². The molecule has 0 aliphatic heterocycles. The van der Waals surface area contributed by atoms with Crippen LogP contribution in [0.2, 0.25) is 0 Å². The van der Waals surface area contributed by atoms with Gasteiger partial charge in [0.15, 0.2) is 0 Å². The van der Waals surface area contributed by atoms with E-state index in [0.717, 1.165) is 0 Å². The molecule has 0 fully saturated rings. The lowest BCUT2D eigenvalue weighted by Gasteiger charge is -2.28. The Kier molecular flexibility index (Phi) is 6.15. The van der Waals surface area contributed by atoms with Gasteiger partial charge in [0.25, 0.3) is 0 Å². The first-order valence-electron chi connectivity index (χ1n) is 6.87. The van der Waals surface area contributed by atoms with Crippen molar-refractivity contribution < 1.29 is 13.5 Å². The third kappa shape index (κ3) is 5.62. The van der Waals surface area contributed by atoms with Gasteiger partial charge < -0.3 is 15.3 Å². The summed E-state index contributed by atoms with van der Waals surface area (Å²) in [5.74, 6) is 0. The molecule has 0 saturated heterocycles. The number of sulfonamides is 1. The zero-order valence-corrected chi connectivity index (χ0v) is 13.9. The minimum Gasteiger partial charge on any atom is -0.387 e. The molecular formula is C14H25N3O3S. The second-order valence-corrected chi connectivity index (χ2v) is 7.32. The quantitative estimate of drug-likeness (QED) is 0.658. The van der Waals surface area contributed by atoms with Crippen molar-refractivity contribution in [2.75, 3.05) is 39.0 Å². The molecule has 0 aromatic heterocycles. The van der Waals surface area contributed by atoms with Gasteiger partial charge in [-0.05, 0) is 33.2 Å². The fourth-order valence-electron chi connectivity index (χ4n) is 2.14. The highest BCUT2D eigenvalue weighted by Gasteiger charge is 2.23. The molecule has 1 aromatic rings. The molecule has 3 N–H and O–H groups in total. The average molecular weight is 315 g/mol. The van der Waals surface area contributed by atoms with Crippen molar-refractivity contribution in [1.82, 2.24) is 9.62 Å². The van der Waals surface area contributed by atoms with Gasteiger partial charge in [-0.15, -0.1) is 0 Å². The van der Waals surface area contributed by atoms with Crippen molar-refractivity contribution in [3.8, 4) is 0 Å². The molecule has 1 aromatic carbocycles. The lowest BCUT2D eigenvalue weighted by atomic mass is 10.1. The van der Waals surface area contributed by atoms with E-state index >= 15 is 0 Å². The number of nitrogens with zero attached hydrogens (tertiary/aromatic N) is 1. The smallest absolute Gasteiger partial charge is 0.242 e. The predicted octanol–water partition coefficient (Wildman–Crippen LogP) is 0.709. The van der Waals surface area contributed by atoms with Crippen molar-refractivity contribution in [2.45, 2.75) is 24.3 Å². The van der Waals surface area contributed by atoms with Gasteiger partial charge in [0.2, 0.25) is 10.0 Å². The van der Waals surface area contributed by atoms with Crippen LogP contribution in [0.25, 0.3) is 0 Å². The highest BCUT2D eigenvalue weighted by Crippen LogP contribution is 2.21. The maximum atomic E-state index is 12.1. The molecule has 7 heteroatoms. The molecule has 0 bridgehead atoms. The summed E-state index contributed by atoms with van der Waals surface area (Å²) < 4.78 is 26.7. The van der Waals surface area contributed by atoms with Gasteiger partial charge in [-0.25, -0.2) is 13.1 Å². The SMILES string of the molecule is CCNS(=O)(=O)c1ccccc1NCC(C)(O)CN(C)C. The van der Waals surface area contributed by atoms with Crippen molar-refractivity contribution in [3.05, 3.63) is 24.3 Å². The van der Waals surface area contributed by atoms with Crippen LogP contribution in [-0.4, -0.2) is 57.8 Å². The Hall–Kier alpha value is -1.15. The lowest BCUT2D eigenvalue weighted by Crippen LogP contribution is -2.43. The van der Waals surface area contributed by atoms with Gasteiger partial charge in [-0.3, -0.25) is 0 Å². The Morgan fingerprint density at radius 2 is 1.90 bits per heavy atom. The van der Waals surface area contributed by atoms with Gasteiger partial charge in [-0.1, -0.05) is 19.1 Å². The molecule has 0 aliphatic rings. The summed E-state index contributed by atoms with van der Waals surface area (Å²) in [6.45, 7) is 4.50. The summed E-state index contributed by atoms with van der Waals surface area (Å²) in [5, 5.41) is 13.3. The van der Waals surface area contributed by atoms with Gasteiger partial charge in [0.05, 0.1) is 11.3 Å². The highest BCUT2D eigenvalue weighted by molar-refractivity contribution is 7.89.